The van der Waals surface area contributed by atoms with Crippen molar-refractivity contribution in [3.63, 3.8) is 0 Å². The maximum Gasteiger partial charge on any atom is 0.152 e. The summed E-state index contributed by atoms with van der Waals surface area (Å²) in [5.41, 5.74) is -0.286. The molecule has 1 fully saturated rings. The Hall–Kier alpha value is -0.170. The van der Waals surface area contributed by atoms with Gasteiger partial charge in [-0.2, -0.15) is 0 Å². The quantitative estimate of drug-likeness (QED) is 0.704. The Morgan fingerprint density at radius 1 is 1.37 bits per heavy atom. The molecule has 0 amide bonds. The van der Waals surface area contributed by atoms with Crippen LogP contribution < -0.4 is 5.32 Å². The van der Waals surface area contributed by atoms with Crippen molar-refractivity contribution in [3.8, 4) is 0 Å². The summed E-state index contributed by atoms with van der Waals surface area (Å²) >= 11 is 0. The van der Waals surface area contributed by atoms with Gasteiger partial charge in [0.15, 0.2) is 9.84 Å². The predicted molar refractivity (Wildman–Crippen MR) is 78.1 cm³/mol. The van der Waals surface area contributed by atoms with Crippen molar-refractivity contribution in [2.24, 2.45) is 0 Å². The molecule has 0 aromatic rings. The van der Waals surface area contributed by atoms with Gasteiger partial charge in [-0.25, -0.2) is 8.42 Å². The van der Waals surface area contributed by atoms with Gasteiger partial charge in [-0.05, 0) is 33.2 Å². The summed E-state index contributed by atoms with van der Waals surface area (Å²) in [7, 11) is -2.82. The first-order chi connectivity index (χ1) is 8.82. The molecule has 0 aromatic carbocycles. The van der Waals surface area contributed by atoms with Crippen molar-refractivity contribution in [3.05, 3.63) is 0 Å². The molecule has 0 radical (unpaired) electrons. The lowest BCUT2D eigenvalue weighted by atomic mass is 9.93. The molecule has 0 aromatic heterocycles. The molecule has 2 unspecified atom stereocenters. The lowest BCUT2D eigenvalue weighted by molar-refractivity contribution is 0.119. The molecule has 114 valence electrons. The number of aliphatic hydroxyl groups excluding tert-OH is 1. The van der Waals surface area contributed by atoms with E-state index in [0.717, 1.165) is 19.4 Å². The monoisotopic (exact) mass is 292 g/mol. The Kier molecular flexibility index (Phi) is 6.23. The summed E-state index contributed by atoms with van der Waals surface area (Å²) in [4.78, 5) is 2.21. The summed E-state index contributed by atoms with van der Waals surface area (Å²) in [5.74, 6) is 0.519. The molecule has 1 aliphatic heterocycles. The zero-order valence-corrected chi connectivity index (χ0v) is 13.2. The molecule has 5 nitrogen and oxygen atoms in total. The lowest BCUT2D eigenvalue weighted by Gasteiger charge is -2.38. The molecule has 6 heteroatoms. The molecule has 2 N–H and O–H groups in total. The van der Waals surface area contributed by atoms with Crippen LogP contribution in [0.2, 0.25) is 0 Å². The third-order valence-corrected chi connectivity index (χ3v) is 5.51. The Bertz CT molecular complexity index is 358. The summed E-state index contributed by atoms with van der Waals surface area (Å²) in [6.07, 6.45) is 1.86. The first-order valence-corrected chi connectivity index (χ1v) is 8.94. The maximum absolute atomic E-state index is 11.4. The fourth-order valence-electron chi connectivity index (χ4n) is 2.57. The van der Waals surface area contributed by atoms with Gasteiger partial charge in [0, 0.05) is 24.7 Å². The molecule has 0 spiro atoms. The summed E-state index contributed by atoms with van der Waals surface area (Å²) in [6, 6.07) is 0.275. The minimum Gasteiger partial charge on any atom is -0.394 e. The van der Waals surface area contributed by atoms with Gasteiger partial charge in [-0.15, -0.1) is 0 Å². The third kappa shape index (κ3) is 5.38. The molecule has 2 atom stereocenters. The van der Waals surface area contributed by atoms with Crippen LogP contribution in [0.3, 0.4) is 0 Å². The SMILES string of the molecule is CCCNC(C)(CO)CC(C)N1CCS(=O)(=O)CC1. The highest BCUT2D eigenvalue weighted by Crippen LogP contribution is 2.18. The first kappa shape index (κ1) is 16.9. The number of sulfone groups is 1. The topological polar surface area (TPSA) is 69.6 Å². The van der Waals surface area contributed by atoms with E-state index in [1.165, 1.54) is 0 Å². The van der Waals surface area contributed by atoms with Crippen molar-refractivity contribution in [1.82, 2.24) is 10.2 Å². The molecular weight excluding hydrogens is 264 g/mol. The largest absolute Gasteiger partial charge is 0.394 e. The summed E-state index contributed by atoms with van der Waals surface area (Å²) < 4.78 is 22.8. The number of aliphatic hydroxyl groups is 1. The highest BCUT2D eigenvalue weighted by molar-refractivity contribution is 7.91. The van der Waals surface area contributed by atoms with Crippen LogP contribution in [0.25, 0.3) is 0 Å². The second-order valence-corrected chi connectivity index (χ2v) is 8.19. The van der Waals surface area contributed by atoms with Gasteiger partial charge in [0.25, 0.3) is 0 Å². The minimum absolute atomic E-state index is 0.101. The van der Waals surface area contributed by atoms with Crippen LogP contribution in [0.1, 0.15) is 33.6 Å². The zero-order chi connectivity index (χ0) is 14.5. The van der Waals surface area contributed by atoms with Gasteiger partial charge in [-0.1, -0.05) is 6.92 Å². The van der Waals surface area contributed by atoms with Crippen LogP contribution in [-0.4, -0.2) is 67.8 Å². The molecule has 1 saturated heterocycles. The van der Waals surface area contributed by atoms with Gasteiger partial charge < -0.3 is 10.4 Å². The fraction of sp³-hybridized carbons (Fsp3) is 1.00. The standard InChI is InChI=1S/C13H28N2O3S/c1-4-5-14-13(3,11-16)10-12(2)15-6-8-19(17,18)9-7-15/h12,14,16H,4-11H2,1-3H3. The number of nitrogens with one attached hydrogen (secondary N) is 1. The third-order valence-electron chi connectivity index (χ3n) is 3.90. The van der Waals surface area contributed by atoms with E-state index in [2.05, 4.69) is 24.1 Å². The molecular formula is C13H28N2O3S. The summed E-state index contributed by atoms with van der Waals surface area (Å²) in [6.45, 7) is 8.45. The van der Waals surface area contributed by atoms with Crippen molar-refractivity contribution in [2.75, 3.05) is 37.7 Å². The molecule has 19 heavy (non-hydrogen) atoms. The number of rotatable bonds is 7. The van der Waals surface area contributed by atoms with Crippen molar-refractivity contribution >= 4 is 9.84 Å². The molecule has 1 rings (SSSR count). The van der Waals surface area contributed by atoms with Gasteiger partial charge in [-0.3, -0.25) is 4.90 Å². The number of hydrogen-bond acceptors (Lipinski definition) is 5. The minimum atomic E-state index is -2.82. The predicted octanol–water partition coefficient (Wildman–Crippen LogP) is 0.246. The molecule has 0 bridgehead atoms. The second-order valence-electron chi connectivity index (χ2n) is 5.89. The van der Waals surface area contributed by atoms with E-state index < -0.39 is 9.84 Å². The molecule has 0 saturated carbocycles. The van der Waals surface area contributed by atoms with E-state index >= 15 is 0 Å². The van der Waals surface area contributed by atoms with Crippen LogP contribution in [0.15, 0.2) is 0 Å². The van der Waals surface area contributed by atoms with E-state index in [4.69, 9.17) is 0 Å². The van der Waals surface area contributed by atoms with Crippen LogP contribution in [0.4, 0.5) is 0 Å². The molecule has 1 heterocycles. The average molecular weight is 292 g/mol. The van der Waals surface area contributed by atoms with E-state index in [0.29, 0.717) is 13.1 Å². The zero-order valence-electron chi connectivity index (χ0n) is 12.4. The molecule has 0 aliphatic carbocycles. The molecule has 1 aliphatic rings. The second kappa shape index (κ2) is 7.02. The van der Waals surface area contributed by atoms with Gasteiger partial charge in [0.2, 0.25) is 0 Å². The first-order valence-electron chi connectivity index (χ1n) is 7.12. The average Bonchev–Trinajstić information content (AvgIpc) is 2.36. The Balaban J connectivity index is 2.51. The van der Waals surface area contributed by atoms with Crippen molar-refractivity contribution in [2.45, 2.75) is 45.2 Å². The smallest absolute Gasteiger partial charge is 0.152 e. The normalized spacial score (nSPS) is 24.8. The van der Waals surface area contributed by atoms with Crippen LogP contribution in [0.5, 0.6) is 0 Å². The van der Waals surface area contributed by atoms with Crippen LogP contribution in [-0.2, 0) is 9.84 Å². The Morgan fingerprint density at radius 3 is 2.42 bits per heavy atom. The van der Waals surface area contributed by atoms with E-state index in [-0.39, 0.29) is 29.7 Å². The fourth-order valence-corrected chi connectivity index (χ4v) is 3.80. The lowest BCUT2D eigenvalue weighted by Crippen LogP contribution is -2.53. The maximum atomic E-state index is 11.4. The van der Waals surface area contributed by atoms with E-state index in [1.807, 2.05) is 6.92 Å². The number of hydrogen-bond donors (Lipinski definition) is 2. The van der Waals surface area contributed by atoms with Crippen LogP contribution in [0, 0.1) is 0 Å². The Labute approximate surface area is 117 Å². The van der Waals surface area contributed by atoms with E-state index in [1.54, 1.807) is 0 Å². The highest BCUT2D eigenvalue weighted by atomic mass is 32.2. The number of nitrogens with zero attached hydrogens (tertiary/aromatic N) is 1. The Morgan fingerprint density at radius 2 is 1.95 bits per heavy atom. The highest BCUT2D eigenvalue weighted by Gasteiger charge is 2.30. The van der Waals surface area contributed by atoms with Crippen LogP contribution >= 0.6 is 0 Å². The van der Waals surface area contributed by atoms with Gasteiger partial charge >= 0.3 is 0 Å². The van der Waals surface area contributed by atoms with E-state index in [9.17, 15) is 13.5 Å². The van der Waals surface area contributed by atoms with Gasteiger partial charge in [0.05, 0.1) is 18.1 Å². The van der Waals surface area contributed by atoms with Crippen molar-refractivity contribution in [1.29, 1.82) is 0 Å². The van der Waals surface area contributed by atoms with Crippen molar-refractivity contribution < 1.29 is 13.5 Å². The van der Waals surface area contributed by atoms with Gasteiger partial charge in [0.1, 0.15) is 0 Å². The summed E-state index contributed by atoms with van der Waals surface area (Å²) in [5, 5.41) is 13.0.